The van der Waals surface area contributed by atoms with E-state index in [-0.39, 0.29) is 36.4 Å². The molecule has 3 rings (SSSR count). The van der Waals surface area contributed by atoms with Crippen molar-refractivity contribution >= 4 is 12.0 Å². The van der Waals surface area contributed by atoms with Gasteiger partial charge in [-0.3, -0.25) is 4.79 Å². The van der Waals surface area contributed by atoms with E-state index in [1.54, 1.807) is 11.0 Å². The predicted octanol–water partition coefficient (Wildman–Crippen LogP) is 5.48. The first-order chi connectivity index (χ1) is 17.5. The first kappa shape index (κ1) is 28.0. The van der Waals surface area contributed by atoms with Crippen molar-refractivity contribution in [2.75, 3.05) is 19.6 Å². The molecule has 0 bridgehead atoms. The lowest BCUT2D eigenvalue weighted by Gasteiger charge is -2.24. The summed E-state index contributed by atoms with van der Waals surface area (Å²) in [5.74, 6) is 0.246. The van der Waals surface area contributed by atoms with Gasteiger partial charge in [0, 0.05) is 24.9 Å². The first-order valence-electron chi connectivity index (χ1n) is 12.7. The number of nitrogens with one attached hydrogen (secondary N) is 1. The summed E-state index contributed by atoms with van der Waals surface area (Å²) >= 11 is 0. The molecule has 1 N–H and O–H groups in total. The average molecular weight is 510 g/mol. The van der Waals surface area contributed by atoms with Crippen molar-refractivity contribution in [1.29, 1.82) is 5.26 Å². The van der Waals surface area contributed by atoms with Crippen LogP contribution in [0.2, 0.25) is 0 Å². The highest BCUT2D eigenvalue weighted by molar-refractivity contribution is 5.76. The fourth-order valence-corrected chi connectivity index (χ4v) is 4.26. The first-order valence-corrected chi connectivity index (χ1v) is 12.7. The fourth-order valence-electron chi connectivity index (χ4n) is 4.26. The molecule has 0 spiro atoms. The molecule has 1 aliphatic rings. The average Bonchev–Trinajstić information content (AvgIpc) is 3.30. The third-order valence-electron chi connectivity index (χ3n) is 6.09. The lowest BCUT2D eigenvalue weighted by Crippen LogP contribution is -2.36. The third-order valence-corrected chi connectivity index (χ3v) is 6.09. The summed E-state index contributed by atoms with van der Waals surface area (Å²) < 4.78 is 26.0. The summed E-state index contributed by atoms with van der Waals surface area (Å²) in [5.41, 5.74) is 2.01. The van der Waals surface area contributed by atoms with Crippen LogP contribution >= 0.6 is 0 Å². The fraction of sp³-hybridized carbons (Fsp3) is 0.483. The summed E-state index contributed by atoms with van der Waals surface area (Å²) in [6.45, 7) is 8.48. The number of carbonyl (C=O) groups is 2. The van der Waals surface area contributed by atoms with Gasteiger partial charge in [0.1, 0.15) is 29.8 Å². The minimum absolute atomic E-state index is 0.0194. The van der Waals surface area contributed by atoms with E-state index in [0.717, 1.165) is 24.0 Å². The molecule has 2 amide bonds. The summed E-state index contributed by atoms with van der Waals surface area (Å²) in [4.78, 5) is 25.9. The number of carbonyl (C=O) groups excluding carboxylic acids is 2. The largest absolute Gasteiger partial charge is 0.488 e. The van der Waals surface area contributed by atoms with Gasteiger partial charge in [-0.25, -0.2) is 9.18 Å². The molecule has 8 heteroatoms. The number of likely N-dealkylation sites (tertiary alicyclic amines) is 1. The number of nitrogens with zero attached hydrogens (tertiary/aromatic N) is 2. The van der Waals surface area contributed by atoms with Crippen LogP contribution in [0.25, 0.3) is 11.1 Å². The molecule has 1 fully saturated rings. The van der Waals surface area contributed by atoms with E-state index in [1.165, 1.54) is 12.1 Å². The Morgan fingerprint density at radius 3 is 2.76 bits per heavy atom. The molecule has 1 heterocycles. The molecule has 2 aromatic rings. The van der Waals surface area contributed by atoms with Gasteiger partial charge in [-0.2, -0.15) is 5.26 Å². The van der Waals surface area contributed by atoms with Crippen molar-refractivity contribution in [2.45, 2.75) is 65.1 Å². The standard InChI is InChI=1S/C29H36FN3O4/c1-20(16-27(34)32-14-13-31)8-9-21-6-5-7-22(17-21)25-18-23(30)10-11-26(25)36-24-12-15-33(19-24)28(35)37-29(2,3)4/h5-7,10-11,17-18,20,24H,8-9,12,14-16,19H2,1-4H3,(H,32,34). The second kappa shape index (κ2) is 12.6. The van der Waals surface area contributed by atoms with Crippen LogP contribution in [0.15, 0.2) is 42.5 Å². The molecular weight excluding hydrogens is 473 g/mol. The maximum Gasteiger partial charge on any atom is 0.410 e. The molecule has 0 aliphatic carbocycles. The van der Waals surface area contributed by atoms with Crippen LogP contribution in [-0.4, -0.2) is 48.2 Å². The molecule has 0 radical (unpaired) electrons. The zero-order chi connectivity index (χ0) is 27.0. The highest BCUT2D eigenvalue weighted by atomic mass is 19.1. The van der Waals surface area contributed by atoms with Crippen LogP contribution in [0.5, 0.6) is 5.75 Å². The quantitative estimate of drug-likeness (QED) is 0.452. The van der Waals surface area contributed by atoms with Gasteiger partial charge in [0.2, 0.25) is 5.91 Å². The molecule has 1 saturated heterocycles. The Bertz CT molecular complexity index is 1140. The molecular formula is C29H36FN3O4. The van der Waals surface area contributed by atoms with Gasteiger partial charge in [-0.1, -0.05) is 31.2 Å². The Morgan fingerprint density at radius 2 is 2.03 bits per heavy atom. The topological polar surface area (TPSA) is 91.7 Å². The highest BCUT2D eigenvalue weighted by Gasteiger charge is 2.31. The third kappa shape index (κ3) is 8.78. The van der Waals surface area contributed by atoms with Crippen LogP contribution in [0.1, 0.15) is 52.5 Å². The van der Waals surface area contributed by atoms with E-state index in [9.17, 15) is 14.0 Å². The molecule has 7 nitrogen and oxygen atoms in total. The van der Waals surface area contributed by atoms with Crippen molar-refractivity contribution in [3.63, 3.8) is 0 Å². The van der Waals surface area contributed by atoms with Crippen LogP contribution in [0, 0.1) is 23.1 Å². The van der Waals surface area contributed by atoms with Gasteiger partial charge in [0.05, 0.1) is 12.6 Å². The Kier molecular flexibility index (Phi) is 9.51. The van der Waals surface area contributed by atoms with E-state index in [2.05, 4.69) is 5.32 Å². The van der Waals surface area contributed by atoms with Gasteiger partial charge >= 0.3 is 6.09 Å². The minimum atomic E-state index is -0.563. The molecule has 2 aromatic carbocycles. The van der Waals surface area contributed by atoms with Crippen molar-refractivity contribution in [3.05, 3.63) is 53.8 Å². The van der Waals surface area contributed by atoms with E-state index >= 15 is 0 Å². The number of benzene rings is 2. The lowest BCUT2D eigenvalue weighted by atomic mass is 9.95. The van der Waals surface area contributed by atoms with Crippen LogP contribution in [-0.2, 0) is 16.0 Å². The molecule has 2 atom stereocenters. The van der Waals surface area contributed by atoms with Crippen molar-refractivity contribution in [1.82, 2.24) is 10.2 Å². The van der Waals surface area contributed by atoms with Crippen molar-refractivity contribution in [2.24, 2.45) is 5.92 Å². The van der Waals surface area contributed by atoms with E-state index < -0.39 is 5.60 Å². The highest BCUT2D eigenvalue weighted by Crippen LogP contribution is 2.33. The number of nitriles is 1. The summed E-state index contributed by atoms with van der Waals surface area (Å²) in [6, 6.07) is 14.3. The van der Waals surface area contributed by atoms with Crippen LogP contribution < -0.4 is 10.1 Å². The van der Waals surface area contributed by atoms with Gasteiger partial charge in [-0.05, 0) is 68.9 Å². The maximum atomic E-state index is 14.3. The zero-order valence-corrected chi connectivity index (χ0v) is 22.1. The zero-order valence-electron chi connectivity index (χ0n) is 22.1. The van der Waals surface area contributed by atoms with Crippen LogP contribution in [0.3, 0.4) is 0 Å². The Labute approximate surface area is 218 Å². The maximum absolute atomic E-state index is 14.3. The van der Waals surface area contributed by atoms with Gasteiger partial charge in [0.25, 0.3) is 0 Å². The molecule has 0 aromatic heterocycles. The van der Waals surface area contributed by atoms with Crippen molar-refractivity contribution in [3.8, 4) is 22.9 Å². The Morgan fingerprint density at radius 1 is 1.24 bits per heavy atom. The summed E-state index contributed by atoms with van der Waals surface area (Å²) in [7, 11) is 0. The van der Waals surface area contributed by atoms with E-state index in [0.29, 0.717) is 37.2 Å². The SMILES string of the molecule is CC(CCc1cccc(-c2cc(F)ccc2OC2CCN(C(=O)OC(C)(C)C)C2)c1)CC(=O)NCC#N. The van der Waals surface area contributed by atoms with E-state index in [4.69, 9.17) is 14.7 Å². The number of ether oxygens (including phenoxy) is 2. The molecule has 198 valence electrons. The number of halogens is 1. The number of rotatable bonds is 9. The molecule has 2 unspecified atom stereocenters. The monoisotopic (exact) mass is 509 g/mol. The number of aryl methyl sites for hydroxylation is 1. The van der Waals surface area contributed by atoms with Crippen LogP contribution in [0.4, 0.5) is 9.18 Å². The van der Waals surface area contributed by atoms with Crippen molar-refractivity contribution < 1.29 is 23.5 Å². The summed E-state index contributed by atoms with van der Waals surface area (Å²) in [6.07, 6.45) is 2.02. The Balaban J connectivity index is 1.66. The summed E-state index contributed by atoms with van der Waals surface area (Å²) in [5, 5.41) is 11.2. The molecule has 0 saturated carbocycles. The Hall–Kier alpha value is -3.60. The number of hydrogen-bond acceptors (Lipinski definition) is 5. The van der Waals surface area contributed by atoms with Gasteiger partial charge < -0.3 is 19.7 Å². The predicted molar refractivity (Wildman–Crippen MR) is 139 cm³/mol. The molecule has 37 heavy (non-hydrogen) atoms. The normalized spacial score (nSPS) is 16.1. The van der Waals surface area contributed by atoms with Gasteiger partial charge in [-0.15, -0.1) is 0 Å². The number of hydrogen-bond donors (Lipinski definition) is 1. The lowest BCUT2D eigenvalue weighted by molar-refractivity contribution is -0.121. The smallest absolute Gasteiger partial charge is 0.410 e. The molecule has 1 aliphatic heterocycles. The minimum Gasteiger partial charge on any atom is -0.488 e. The van der Waals surface area contributed by atoms with Gasteiger partial charge in [0.15, 0.2) is 0 Å². The second-order valence-electron chi connectivity index (χ2n) is 10.6. The second-order valence-corrected chi connectivity index (χ2v) is 10.6. The number of amides is 2. The van der Waals surface area contributed by atoms with E-state index in [1.807, 2.05) is 58.0 Å².